The Morgan fingerprint density at radius 3 is 2.54 bits per heavy atom. The molecule has 0 bridgehead atoms. The van der Waals surface area contributed by atoms with E-state index in [1.807, 2.05) is 13.0 Å². The lowest BCUT2D eigenvalue weighted by Crippen LogP contribution is -2.40. The predicted molar refractivity (Wildman–Crippen MR) is 100 cm³/mol. The lowest BCUT2D eigenvalue weighted by molar-refractivity contribution is 0.266. The molecule has 2 N–H and O–H groups in total. The molecule has 1 aromatic carbocycles. The van der Waals surface area contributed by atoms with Crippen LogP contribution in [0.1, 0.15) is 24.2 Å². The van der Waals surface area contributed by atoms with Gasteiger partial charge in [0.25, 0.3) is 0 Å². The normalized spacial score (nSPS) is 16.7. The Morgan fingerprint density at radius 2 is 1.85 bits per heavy atom. The predicted octanol–water partition coefficient (Wildman–Crippen LogP) is 2.29. The molecule has 6 nitrogen and oxygen atoms in total. The molecule has 2 aromatic rings. The molecular weight excluding hydrogens is 350 g/mol. The van der Waals surface area contributed by atoms with Crippen molar-refractivity contribution in [3.63, 3.8) is 0 Å². The van der Waals surface area contributed by atoms with Crippen molar-refractivity contribution < 1.29 is 13.5 Å². The summed E-state index contributed by atoms with van der Waals surface area (Å²) in [5.41, 5.74) is 1.52. The van der Waals surface area contributed by atoms with Crippen LogP contribution in [0.2, 0.25) is 0 Å². The first-order chi connectivity index (χ1) is 12.5. The molecule has 0 atom stereocenters. The van der Waals surface area contributed by atoms with E-state index in [9.17, 15) is 13.5 Å². The fourth-order valence-corrected chi connectivity index (χ4v) is 4.71. The molecule has 1 saturated heterocycles. The van der Waals surface area contributed by atoms with E-state index in [0.29, 0.717) is 36.1 Å². The van der Waals surface area contributed by atoms with Gasteiger partial charge in [0.05, 0.1) is 10.6 Å². The molecule has 0 radical (unpaired) electrons. The summed E-state index contributed by atoms with van der Waals surface area (Å²) >= 11 is 0. The van der Waals surface area contributed by atoms with Crippen LogP contribution in [-0.2, 0) is 16.6 Å². The number of aromatic nitrogens is 1. The molecule has 2 heterocycles. The fraction of sp³-hybridized carbons (Fsp3) is 0.421. The van der Waals surface area contributed by atoms with E-state index in [1.165, 1.54) is 0 Å². The summed E-state index contributed by atoms with van der Waals surface area (Å²) in [4.78, 5) is 4.69. The van der Waals surface area contributed by atoms with Crippen molar-refractivity contribution in [3.05, 3.63) is 53.9 Å². The Kier molecular flexibility index (Phi) is 5.90. The molecule has 1 aliphatic rings. The summed E-state index contributed by atoms with van der Waals surface area (Å²) in [6, 6.07) is 12.0. The number of sulfonamides is 1. The highest BCUT2D eigenvalue weighted by Gasteiger charge is 2.29. The van der Waals surface area contributed by atoms with Crippen LogP contribution < -0.4 is 5.32 Å². The van der Waals surface area contributed by atoms with Crippen LogP contribution in [0.4, 0.5) is 0 Å². The smallest absolute Gasteiger partial charge is 0.243 e. The summed E-state index contributed by atoms with van der Waals surface area (Å²) in [6.07, 6.45) is 1.65. The monoisotopic (exact) mass is 375 g/mol. The van der Waals surface area contributed by atoms with Crippen molar-refractivity contribution in [2.24, 2.45) is 5.92 Å². The molecular formula is C19H25N3O3S. The zero-order valence-electron chi connectivity index (χ0n) is 14.9. The van der Waals surface area contributed by atoms with Gasteiger partial charge in [-0.15, -0.1) is 0 Å². The van der Waals surface area contributed by atoms with E-state index in [1.54, 1.807) is 40.7 Å². The van der Waals surface area contributed by atoms with Gasteiger partial charge in [-0.05, 0) is 56.5 Å². The molecule has 7 heteroatoms. The Labute approximate surface area is 154 Å². The number of hydrogen-bond donors (Lipinski definition) is 2. The molecule has 0 saturated carbocycles. The second kappa shape index (κ2) is 8.16. The molecule has 140 valence electrons. The lowest BCUT2D eigenvalue weighted by Gasteiger charge is -2.31. The van der Waals surface area contributed by atoms with Gasteiger partial charge in [-0.25, -0.2) is 8.42 Å². The van der Waals surface area contributed by atoms with Gasteiger partial charge < -0.3 is 10.4 Å². The van der Waals surface area contributed by atoms with Gasteiger partial charge >= 0.3 is 0 Å². The summed E-state index contributed by atoms with van der Waals surface area (Å²) in [6.45, 7) is 4.27. The highest BCUT2D eigenvalue weighted by atomic mass is 32.2. The maximum absolute atomic E-state index is 12.6. The molecule has 26 heavy (non-hydrogen) atoms. The van der Waals surface area contributed by atoms with Crippen molar-refractivity contribution in [1.29, 1.82) is 0 Å². The molecule has 3 rings (SSSR count). The van der Waals surface area contributed by atoms with Crippen LogP contribution in [0.5, 0.6) is 5.75 Å². The minimum Gasteiger partial charge on any atom is -0.506 e. The molecule has 0 amide bonds. The van der Waals surface area contributed by atoms with Gasteiger partial charge in [0, 0.05) is 25.3 Å². The van der Waals surface area contributed by atoms with Crippen LogP contribution in [-0.4, -0.2) is 42.4 Å². The second-order valence-electron chi connectivity index (χ2n) is 6.71. The third-order valence-corrected chi connectivity index (χ3v) is 6.68. The van der Waals surface area contributed by atoms with Gasteiger partial charge in [-0.3, -0.25) is 4.98 Å². The largest absolute Gasteiger partial charge is 0.506 e. The van der Waals surface area contributed by atoms with Crippen LogP contribution >= 0.6 is 0 Å². The van der Waals surface area contributed by atoms with Crippen LogP contribution in [0, 0.1) is 12.8 Å². The molecule has 0 spiro atoms. The minimum absolute atomic E-state index is 0.201. The summed E-state index contributed by atoms with van der Waals surface area (Å²) < 4.78 is 26.8. The van der Waals surface area contributed by atoms with Crippen molar-refractivity contribution in [1.82, 2.24) is 14.6 Å². The standard InChI is InChI=1S/C19H25N3O3S/c1-15-7-8-19(23)18(21-15)14-20-13-16-9-11-22(12-10-16)26(24,25)17-5-3-2-4-6-17/h2-8,16,20,23H,9-14H2,1H3. The number of nitrogens with one attached hydrogen (secondary N) is 1. The van der Waals surface area contributed by atoms with Crippen molar-refractivity contribution in [2.45, 2.75) is 31.2 Å². The number of nitrogens with zero attached hydrogens (tertiary/aromatic N) is 2. The van der Waals surface area contributed by atoms with E-state index in [2.05, 4.69) is 10.3 Å². The van der Waals surface area contributed by atoms with Crippen LogP contribution in [0.3, 0.4) is 0 Å². The van der Waals surface area contributed by atoms with Gasteiger partial charge in [0.15, 0.2) is 0 Å². The highest BCUT2D eigenvalue weighted by molar-refractivity contribution is 7.89. The van der Waals surface area contributed by atoms with E-state index < -0.39 is 10.0 Å². The SMILES string of the molecule is Cc1ccc(O)c(CNCC2CCN(S(=O)(=O)c3ccccc3)CC2)n1. The zero-order chi connectivity index (χ0) is 18.6. The third kappa shape index (κ3) is 4.41. The van der Waals surface area contributed by atoms with Crippen LogP contribution in [0.25, 0.3) is 0 Å². The van der Waals surface area contributed by atoms with Crippen molar-refractivity contribution in [2.75, 3.05) is 19.6 Å². The van der Waals surface area contributed by atoms with E-state index in [-0.39, 0.29) is 5.75 Å². The van der Waals surface area contributed by atoms with Gasteiger partial charge in [0.2, 0.25) is 10.0 Å². The minimum atomic E-state index is -3.39. The number of piperidine rings is 1. The zero-order valence-corrected chi connectivity index (χ0v) is 15.7. The Bertz CT molecular complexity index is 832. The number of aromatic hydroxyl groups is 1. The first-order valence-electron chi connectivity index (χ1n) is 8.88. The quantitative estimate of drug-likeness (QED) is 0.809. The Hall–Kier alpha value is -1.96. The molecule has 1 fully saturated rings. The molecule has 0 aliphatic carbocycles. The summed E-state index contributed by atoms with van der Waals surface area (Å²) in [5.74, 6) is 0.621. The van der Waals surface area contributed by atoms with Crippen molar-refractivity contribution in [3.8, 4) is 5.75 Å². The fourth-order valence-electron chi connectivity index (χ4n) is 3.22. The topological polar surface area (TPSA) is 82.5 Å². The van der Waals surface area contributed by atoms with Gasteiger partial charge in [-0.1, -0.05) is 18.2 Å². The van der Waals surface area contributed by atoms with E-state index >= 15 is 0 Å². The summed E-state index contributed by atoms with van der Waals surface area (Å²) in [7, 11) is -3.39. The Morgan fingerprint density at radius 1 is 1.15 bits per heavy atom. The number of aryl methyl sites for hydroxylation is 1. The molecule has 0 unspecified atom stereocenters. The number of pyridine rings is 1. The van der Waals surface area contributed by atoms with E-state index in [4.69, 9.17) is 0 Å². The molecule has 1 aliphatic heterocycles. The maximum atomic E-state index is 12.6. The highest BCUT2D eigenvalue weighted by Crippen LogP contribution is 2.23. The maximum Gasteiger partial charge on any atom is 0.243 e. The average Bonchev–Trinajstić information content (AvgIpc) is 2.66. The summed E-state index contributed by atoms with van der Waals surface area (Å²) in [5, 5.41) is 13.2. The molecule has 1 aromatic heterocycles. The van der Waals surface area contributed by atoms with Crippen LogP contribution in [0.15, 0.2) is 47.4 Å². The first kappa shape index (κ1) is 18.8. The van der Waals surface area contributed by atoms with E-state index in [0.717, 1.165) is 25.1 Å². The van der Waals surface area contributed by atoms with Gasteiger partial charge in [0.1, 0.15) is 5.75 Å². The number of benzene rings is 1. The Balaban J connectivity index is 1.49. The average molecular weight is 375 g/mol. The second-order valence-corrected chi connectivity index (χ2v) is 8.65. The number of hydrogen-bond acceptors (Lipinski definition) is 5. The lowest BCUT2D eigenvalue weighted by atomic mass is 9.98. The first-order valence-corrected chi connectivity index (χ1v) is 10.3. The number of rotatable bonds is 6. The van der Waals surface area contributed by atoms with Crippen molar-refractivity contribution >= 4 is 10.0 Å². The third-order valence-electron chi connectivity index (χ3n) is 4.77. The van der Waals surface area contributed by atoms with Gasteiger partial charge in [-0.2, -0.15) is 4.31 Å².